The van der Waals surface area contributed by atoms with E-state index in [1.54, 1.807) is 6.26 Å². The van der Waals surface area contributed by atoms with Crippen LogP contribution >= 0.6 is 0 Å². The highest BCUT2D eigenvalue weighted by Gasteiger charge is 2.18. The minimum atomic E-state index is 0.356. The second-order valence-electron chi connectivity index (χ2n) is 7.48. The predicted octanol–water partition coefficient (Wildman–Crippen LogP) is 3.70. The number of hydrogen-bond donors (Lipinski definition) is 1. The van der Waals surface area contributed by atoms with E-state index < -0.39 is 0 Å². The van der Waals surface area contributed by atoms with Crippen LogP contribution in [-0.2, 0) is 6.54 Å². The number of furan rings is 1. The lowest BCUT2D eigenvalue weighted by Crippen LogP contribution is -2.32. The van der Waals surface area contributed by atoms with Crippen molar-refractivity contribution in [2.45, 2.75) is 52.0 Å². The summed E-state index contributed by atoms with van der Waals surface area (Å²) in [6.45, 7) is 6.21. The Bertz CT molecular complexity index is 1010. The number of rotatable bonds is 6. The van der Waals surface area contributed by atoms with Gasteiger partial charge >= 0.3 is 0 Å². The molecular formula is C22H28N6O. The lowest BCUT2D eigenvalue weighted by molar-refractivity contribution is 0.221. The zero-order valence-corrected chi connectivity index (χ0v) is 17.0. The Morgan fingerprint density at radius 2 is 2.00 bits per heavy atom. The molecule has 0 saturated carbocycles. The minimum Gasteiger partial charge on any atom is -0.461 e. The number of aromatic nitrogens is 4. The molecule has 29 heavy (non-hydrogen) atoms. The third kappa shape index (κ3) is 4.43. The maximum absolute atomic E-state index is 6.23. The van der Waals surface area contributed by atoms with Gasteiger partial charge in [0.2, 0.25) is 0 Å². The molecule has 0 bridgehead atoms. The fraction of sp³-hybridized carbons (Fsp3) is 0.500. The van der Waals surface area contributed by atoms with Crippen LogP contribution in [0.25, 0.3) is 22.7 Å². The molecular weight excluding hydrogens is 364 g/mol. The number of nitrogens with two attached hydrogens (primary N) is 1. The number of fused-ring (bicyclic) bond motifs is 1. The van der Waals surface area contributed by atoms with Gasteiger partial charge < -0.3 is 19.6 Å². The summed E-state index contributed by atoms with van der Waals surface area (Å²) >= 11 is 0. The van der Waals surface area contributed by atoms with Crippen LogP contribution in [0.3, 0.4) is 0 Å². The first-order chi connectivity index (χ1) is 14.3. The molecule has 2 N–H and O–H groups in total. The molecule has 7 heteroatoms. The Labute approximate surface area is 171 Å². The molecule has 4 heterocycles. The van der Waals surface area contributed by atoms with Crippen molar-refractivity contribution in [3.63, 3.8) is 0 Å². The summed E-state index contributed by atoms with van der Waals surface area (Å²) in [6, 6.07) is 3.65. The van der Waals surface area contributed by atoms with Gasteiger partial charge in [-0.3, -0.25) is 0 Å². The van der Waals surface area contributed by atoms with E-state index in [0.717, 1.165) is 51.1 Å². The van der Waals surface area contributed by atoms with Gasteiger partial charge in [0.1, 0.15) is 0 Å². The van der Waals surface area contributed by atoms with Crippen molar-refractivity contribution in [2.24, 2.45) is 0 Å². The Hall–Kier alpha value is -2.85. The van der Waals surface area contributed by atoms with Gasteiger partial charge in [0.15, 0.2) is 34.4 Å². The molecule has 0 aliphatic carbocycles. The number of likely N-dealkylation sites (tertiary alicyclic amines) is 1. The van der Waals surface area contributed by atoms with Crippen LogP contribution in [0.5, 0.6) is 0 Å². The Morgan fingerprint density at radius 1 is 1.14 bits per heavy atom. The predicted molar refractivity (Wildman–Crippen MR) is 114 cm³/mol. The highest BCUT2D eigenvalue weighted by atomic mass is 16.3. The van der Waals surface area contributed by atoms with Gasteiger partial charge in [0.05, 0.1) is 6.26 Å². The molecule has 152 valence electrons. The highest BCUT2D eigenvalue weighted by molar-refractivity contribution is 5.84. The summed E-state index contributed by atoms with van der Waals surface area (Å²) in [6.07, 6.45) is 8.56. The molecule has 1 aliphatic rings. The first-order valence-corrected chi connectivity index (χ1v) is 10.5. The van der Waals surface area contributed by atoms with Crippen molar-refractivity contribution in [2.75, 3.05) is 25.4 Å². The molecule has 3 aromatic rings. The normalized spacial score (nSPS) is 14.8. The second-order valence-corrected chi connectivity index (χ2v) is 7.48. The molecule has 0 radical (unpaired) electrons. The largest absolute Gasteiger partial charge is 0.461 e. The van der Waals surface area contributed by atoms with Crippen molar-refractivity contribution in [3.8, 4) is 23.4 Å². The fourth-order valence-corrected chi connectivity index (χ4v) is 3.68. The molecule has 3 aromatic heterocycles. The van der Waals surface area contributed by atoms with Crippen LogP contribution in [0.1, 0.15) is 51.3 Å². The van der Waals surface area contributed by atoms with Crippen molar-refractivity contribution in [3.05, 3.63) is 24.2 Å². The van der Waals surface area contributed by atoms with Gasteiger partial charge in [0.25, 0.3) is 0 Å². The van der Waals surface area contributed by atoms with Gasteiger partial charge in [0, 0.05) is 19.5 Å². The second kappa shape index (κ2) is 9.10. The van der Waals surface area contributed by atoms with E-state index in [0.29, 0.717) is 28.7 Å². The molecule has 1 fully saturated rings. The van der Waals surface area contributed by atoms with Gasteiger partial charge in [-0.05, 0) is 50.4 Å². The summed E-state index contributed by atoms with van der Waals surface area (Å²) in [7, 11) is 0. The van der Waals surface area contributed by atoms with Crippen molar-refractivity contribution in [1.82, 2.24) is 24.4 Å². The van der Waals surface area contributed by atoms with Crippen molar-refractivity contribution in [1.29, 1.82) is 0 Å². The molecule has 0 amide bonds. The topological polar surface area (TPSA) is 86.0 Å². The average Bonchev–Trinajstić information content (AvgIpc) is 3.39. The van der Waals surface area contributed by atoms with E-state index in [9.17, 15) is 0 Å². The summed E-state index contributed by atoms with van der Waals surface area (Å²) in [5, 5.41) is 0. The monoisotopic (exact) mass is 392 g/mol. The van der Waals surface area contributed by atoms with Gasteiger partial charge in [-0.25, -0.2) is 15.0 Å². The SMILES string of the molecule is CCCCC#Cc1nc2c(N)nc(-c3ccco3)nc2n1CCN1CCCCC1. The first-order valence-electron chi connectivity index (χ1n) is 10.5. The summed E-state index contributed by atoms with van der Waals surface area (Å²) < 4.78 is 7.56. The smallest absolute Gasteiger partial charge is 0.199 e. The van der Waals surface area contributed by atoms with E-state index in [1.165, 1.54) is 19.3 Å². The maximum Gasteiger partial charge on any atom is 0.199 e. The quantitative estimate of drug-likeness (QED) is 0.508. The number of piperidine rings is 1. The third-order valence-electron chi connectivity index (χ3n) is 5.31. The Kier molecular flexibility index (Phi) is 6.11. The van der Waals surface area contributed by atoms with Crippen LogP contribution in [-0.4, -0.2) is 44.1 Å². The molecule has 4 rings (SSSR count). The maximum atomic E-state index is 6.23. The molecule has 7 nitrogen and oxygen atoms in total. The summed E-state index contributed by atoms with van der Waals surface area (Å²) in [4.78, 5) is 16.3. The van der Waals surface area contributed by atoms with E-state index in [1.807, 2.05) is 12.1 Å². The zero-order valence-electron chi connectivity index (χ0n) is 17.0. The van der Waals surface area contributed by atoms with Crippen LogP contribution in [0, 0.1) is 11.8 Å². The molecule has 1 saturated heterocycles. The number of nitrogens with zero attached hydrogens (tertiary/aromatic N) is 5. The number of nitrogen functional groups attached to an aromatic ring is 1. The lowest BCUT2D eigenvalue weighted by atomic mass is 10.1. The van der Waals surface area contributed by atoms with Crippen LogP contribution < -0.4 is 5.73 Å². The van der Waals surface area contributed by atoms with Crippen LogP contribution in [0.15, 0.2) is 22.8 Å². The van der Waals surface area contributed by atoms with Gasteiger partial charge in [-0.2, -0.15) is 0 Å². The zero-order chi connectivity index (χ0) is 20.1. The van der Waals surface area contributed by atoms with Crippen LogP contribution in [0.2, 0.25) is 0 Å². The summed E-state index contributed by atoms with van der Waals surface area (Å²) in [5.74, 6) is 8.63. The number of imidazole rings is 1. The minimum absolute atomic E-state index is 0.356. The van der Waals surface area contributed by atoms with Gasteiger partial charge in [-0.1, -0.05) is 25.7 Å². The van der Waals surface area contributed by atoms with Crippen molar-refractivity contribution >= 4 is 17.0 Å². The first kappa shape index (κ1) is 19.5. The average molecular weight is 393 g/mol. The van der Waals surface area contributed by atoms with E-state index in [2.05, 4.69) is 38.2 Å². The van der Waals surface area contributed by atoms with Crippen molar-refractivity contribution < 1.29 is 4.42 Å². The number of anilines is 1. The third-order valence-corrected chi connectivity index (χ3v) is 5.31. The van der Waals surface area contributed by atoms with Crippen LogP contribution in [0.4, 0.5) is 5.82 Å². The molecule has 1 aliphatic heterocycles. The Morgan fingerprint density at radius 3 is 2.76 bits per heavy atom. The fourth-order valence-electron chi connectivity index (χ4n) is 3.68. The van der Waals surface area contributed by atoms with E-state index >= 15 is 0 Å². The summed E-state index contributed by atoms with van der Waals surface area (Å²) in [5.41, 5.74) is 7.57. The molecule has 0 spiro atoms. The van der Waals surface area contributed by atoms with E-state index in [4.69, 9.17) is 15.1 Å². The number of unbranched alkanes of at least 4 members (excludes halogenated alkanes) is 2. The lowest BCUT2D eigenvalue weighted by Gasteiger charge is -2.26. The molecule has 0 aromatic carbocycles. The highest BCUT2D eigenvalue weighted by Crippen LogP contribution is 2.24. The molecule has 0 unspecified atom stereocenters. The van der Waals surface area contributed by atoms with Gasteiger partial charge in [-0.15, -0.1) is 0 Å². The van der Waals surface area contributed by atoms with E-state index in [-0.39, 0.29) is 0 Å². The molecule has 0 atom stereocenters. The Balaban J connectivity index is 1.71. The standard InChI is InChI=1S/C22H28N6O/c1-2-3-4-6-11-18-24-19-20(23)25-21(17-10-9-16-29-17)26-22(19)28(18)15-14-27-12-7-5-8-13-27/h9-10,16H,2-5,7-8,12-15H2,1H3,(H2,23,25,26). The number of hydrogen-bond acceptors (Lipinski definition) is 6.